The summed E-state index contributed by atoms with van der Waals surface area (Å²) < 4.78 is 0. The van der Waals surface area contributed by atoms with Crippen molar-refractivity contribution in [1.29, 1.82) is 0 Å². The van der Waals surface area contributed by atoms with Gasteiger partial charge in [-0.1, -0.05) is 0 Å². The average molecular weight is 333 g/mol. The van der Waals surface area contributed by atoms with Crippen LogP contribution in [0.25, 0.3) is 0 Å². The Hall–Kier alpha value is -0.240. The van der Waals surface area contributed by atoms with Gasteiger partial charge in [0.15, 0.2) is 0 Å². The summed E-state index contributed by atoms with van der Waals surface area (Å²) in [4.78, 5) is 9.15. The van der Waals surface area contributed by atoms with Gasteiger partial charge in [0.1, 0.15) is 0 Å². The number of aliphatic hydroxyl groups excluding tert-OH is 2. The third-order valence-electron chi connectivity index (χ3n) is 4.08. The molecule has 0 rings (SSSR count). The van der Waals surface area contributed by atoms with E-state index in [-0.39, 0.29) is 13.2 Å². The number of rotatable bonds is 15. The molecule has 23 heavy (non-hydrogen) atoms. The van der Waals surface area contributed by atoms with E-state index in [2.05, 4.69) is 54.7 Å². The number of hydrogen-bond acceptors (Lipinski definition) is 6. The predicted molar refractivity (Wildman–Crippen MR) is 98.0 cm³/mol. The van der Waals surface area contributed by atoms with Crippen molar-refractivity contribution in [2.24, 2.45) is 0 Å². The summed E-state index contributed by atoms with van der Waals surface area (Å²) in [5.74, 6) is 0. The van der Waals surface area contributed by atoms with Gasteiger partial charge in [0.05, 0.1) is 13.2 Å². The van der Waals surface area contributed by atoms with E-state index >= 15 is 0 Å². The lowest BCUT2D eigenvalue weighted by molar-refractivity contribution is 0.100. The van der Waals surface area contributed by atoms with E-state index in [0.717, 1.165) is 32.7 Å². The van der Waals surface area contributed by atoms with Crippen LogP contribution in [-0.2, 0) is 0 Å². The largest absolute Gasteiger partial charge is 0.395 e. The first-order valence-electron chi connectivity index (χ1n) is 8.88. The van der Waals surface area contributed by atoms with E-state index in [1.807, 2.05) is 0 Å². The normalized spacial score (nSPS) is 13.7. The summed E-state index contributed by atoms with van der Waals surface area (Å²) in [5, 5.41) is 18.4. The molecule has 0 saturated carbocycles. The molecule has 0 fully saturated rings. The maximum Gasteiger partial charge on any atom is 0.0558 e. The van der Waals surface area contributed by atoms with Gasteiger partial charge >= 0.3 is 0 Å². The van der Waals surface area contributed by atoms with E-state index in [4.69, 9.17) is 0 Å². The molecule has 6 nitrogen and oxygen atoms in total. The average Bonchev–Trinajstić information content (AvgIpc) is 2.45. The third kappa shape index (κ3) is 12.8. The first kappa shape index (κ1) is 22.8. The van der Waals surface area contributed by atoms with E-state index in [0.29, 0.717) is 19.1 Å². The van der Waals surface area contributed by atoms with Gasteiger partial charge in [-0.05, 0) is 74.1 Å². The predicted octanol–water partition coefficient (Wildman–Crippen LogP) is -0.133. The number of hydrogen-bond donors (Lipinski definition) is 2. The molecule has 0 aliphatic heterocycles. The zero-order chi connectivity index (χ0) is 17.7. The summed E-state index contributed by atoms with van der Waals surface area (Å²) in [6.45, 7) is 9.14. The van der Waals surface area contributed by atoms with Crippen LogP contribution >= 0.6 is 0 Å². The zero-order valence-electron chi connectivity index (χ0n) is 16.0. The van der Waals surface area contributed by atoms with E-state index in [1.54, 1.807) is 0 Å². The summed E-state index contributed by atoms with van der Waals surface area (Å²) in [5.41, 5.74) is 0. The molecule has 6 heteroatoms. The molecular formula is C17H40N4O2. The first-order valence-corrected chi connectivity index (χ1v) is 8.88. The second-order valence-electron chi connectivity index (χ2n) is 6.95. The minimum absolute atomic E-state index is 0.144. The van der Waals surface area contributed by atoms with Crippen LogP contribution in [0, 0.1) is 0 Å². The molecule has 0 aliphatic rings. The third-order valence-corrected chi connectivity index (χ3v) is 4.08. The molecule has 0 amide bonds. The summed E-state index contributed by atoms with van der Waals surface area (Å²) in [7, 11) is 8.46. The quantitative estimate of drug-likeness (QED) is 0.436. The molecule has 1 unspecified atom stereocenters. The lowest BCUT2D eigenvalue weighted by Crippen LogP contribution is -2.45. The topological polar surface area (TPSA) is 53.4 Å². The molecule has 0 radical (unpaired) electrons. The van der Waals surface area contributed by atoms with Crippen LogP contribution in [0.1, 0.15) is 19.8 Å². The van der Waals surface area contributed by atoms with Crippen LogP contribution in [0.4, 0.5) is 0 Å². The molecule has 0 aromatic heterocycles. The van der Waals surface area contributed by atoms with Crippen LogP contribution in [0.3, 0.4) is 0 Å². The second-order valence-corrected chi connectivity index (χ2v) is 6.95. The molecule has 0 heterocycles. The molecule has 0 spiro atoms. The Kier molecular flexibility index (Phi) is 14.0. The standard InChI is InChI=1S/C17H40N4O2/c1-17(21(12-14-22)13-15-23)16-20(10-6-8-18(2)3)11-7-9-19(4)5/h17,22-23H,6-16H2,1-5H3. The first-order chi connectivity index (χ1) is 10.9. The molecule has 2 N–H and O–H groups in total. The second kappa shape index (κ2) is 14.1. The summed E-state index contributed by atoms with van der Waals surface area (Å²) in [6, 6.07) is 0.341. The van der Waals surface area contributed by atoms with Crippen molar-refractivity contribution in [1.82, 2.24) is 19.6 Å². The number of nitrogens with zero attached hydrogens (tertiary/aromatic N) is 4. The van der Waals surface area contributed by atoms with Gasteiger partial charge in [-0.3, -0.25) is 4.90 Å². The maximum atomic E-state index is 9.20. The minimum Gasteiger partial charge on any atom is -0.395 e. The van der Waals surface area contributed by atoms with Gasteiger partial charge in [-0.15, -0.1) is 0 Å². The van der Waals surface area contributed by atoms with E-state index < -0.39 is 0 Å². The molecular weight excluding hydrogens is 292 g/mol. The van der Waals surface area contributed by atoms with Crippen molar-refractivity contribution in [3.8, 4) is 0 Å². The SMILES string of the molecule is CC(CN(CCCN(C)C)CCCN(C)C)N(CCO)CCO. The zero-order valence-corrected chi connectivity index (χ0v) is 16.0. The molecule has 0 saturated heterocycles. The fourth-order valence-corrected chi connectivity index (χ4v) is 2.81. The van der Waals surface area contributed by atoms with Crippen molar-refractivity contribution in [2.75, 3.05) is 87.2 Å². The summed E-state index contributed by atoms with van der Waals surface area (Å²) >= 11 is 0. The summed E-state index contributed by atoms with van der Waals surface area (Å²) in [6.07, 6.45) is 2.34. The van der Waals surface area contributed by atoms with E-state index in [1.165, 1.54) is 12.8 Å². The monoisotopic (exact) mass is 332 g/mol. The van der Waals surface area contributed by atoms with Gasteiger partial charge in [-0.25, -0.2) is 0 Å². The van der Waals surface area contributed by atoms with Crippen LogP contribution in [-0.4, -0.2) is 123 Å². The lowest BCUT2D eigenvalue weighted by Gasteiger charge is -2.33. The highest BCUT2D eigenvalue weighted by molar-refractivity contribution is 4.73. The van der Waals surface area contributed by atoms with Crippen LogP contribution < -0.4 is 0 Å². The fourth-order valence-electron chi connectivity index (χ4n) is 2.81. The Morgan fingerprint density at radius 3 is 1.48 bits per heavy atom. The van der Waals surface area contributed by atoms with Crippen molar-refractivity contribution in [3.63, 3.8) is 0 Å². The Morgan fingerprint density at radius 1 is 0.696 bits per heavy atom. The van der Waals surface area contributed by atoms with Crippen LogP contribution in [0.2, 0.25) is 0 Å². The molecule has 0 aromatic carbocycles. The van der Waals surface area contributed by atoms with Gasteiger partial charge in [0.25, 0.3) is 0 Å². The Bertz CT molecular complexity index is 245. The van der Waals surface area contributed by atoms with Crippen LogP contribution in [0.15, 0.2) is 0 Å². The van der Waals surface area contributed by atoms with Gasteiger partial charge in [0, 0.05) is 25.7 Å². The fraction of sp³-hybridized carbons (Fsp3) is 1.00. The highest BCUT2D eigenvalue weighted by atomic mass is 16.3. The molecule has 0 bridgehead atoms. The van der Waals surface area contributed by atoms with Crippen molar-refractivity contribution < 1.29 is 10.2 Å². The maximum absolute atomic E-state index is 9.20. The molecule has 0 aliphatic carbocycles. The van der Waals surface area contributed by atoms with Crippen molar-refractivity contribution >= 4 is 0 Å². The molecule has 1 atom stereocenters. The van der Waals surface area contributed by atoms with Crippen molar-refractivity contribution in [2.45, 2.75) is 25.8 Å². The number of aliphatic hydroxyl groups is 2. The van der Waals surface area contributed by atoms with Crippen LogP contribution in [0.5, 0.6) is 0 Å². The van der Waals surface area contributed by atoms with Gasteiger partial charge in [0.2, 0.25) is 0 Å². The Morgan fingerprint density at radius 2 is 1.13 bits per heavy atom. The van der Waals surface area contributed by atoms with Gasteiger partial charge in [-0.2, -0.15) is 0 Å². The Balaban J connectivity index is 4.43. The van der Waals surface area contributed by atoms with Gasteiger partial charge < -0.3 is 24.9 Å². The highest BCUT2D eigenvalue weighted by Crippen LogP contribution is 2.04. The Labute approximate surface area is 143 Å². The molecule has 140 valence electrons. The lowest BCUT2D eigenvalue weighted by atomic mass is 10.2. The smallest absolute Gasteiger partial charge is 0.0558 e. The van der Waals surface area contributed by atoms with E-state index in [9.17, 15) is 10.2 Å². The van der Waals surface area contributed by atoms with Crippen molar-refractivity contribution in [3.05, 3.63) is 0 Å². The highest BCUT2D eigenvalue weighted by Gasteiger charge is 2.16. The molecule has 0 aromatic rings. The minimum atomic E-state index is 0.144.